The first-order valence-electron chi connectivity index (χ1n) is 2.65. The van der Waals surface area contributed by atoms with Crippen LogP contribution in [0.2, 0.25) is 0 Å². The minimum atomic E-state index is -0.920. The summed E-state index contributed by atoms with van der Waals surface area (Å²) in [6, 6.07) is 0. The molecule has 0 amide bonds. The third-order valence-corrected chi connectivity index (χ3v) is 0.843. The molecule has 0 rings (SSSR count). The van der Waals surface area contributed by atoms with Gasteiger partial charge in [0.15, 0.2) is 0 Å². The highest BCUT2D eigenvalue weighted by atomic mass is 35.5. The summed E-state index contributed by atoms with van der Waals surface area (Å²) in [6.45, 7) is 3.35. The molecule has 0 aliphatic rings. The quantitative estimate of drug-likeness (QED) is 0.360. The van der Waals surface area contributed by atoms with Gasteiger partial charge in [-0.3, -0.25) is 0 Å². The van der Waals surface area contributed by atoms with Crippen molar-refractivity contribution in [1.82, 2.24) is 0 Å². The van der Waals surface area contributed by atoms with Crippen LogP contribution in [0, 0.1) is 0 Å². The lowest BCUT2D eigenvalue weighted by atomic mass is 10.3. The van der Waals surface area contributed by atoms with Crippen molar-refractivity contribution in [3.63, 3.8) is 0 Å². The second-order valence-corrected chi connectivity index (χ2v) is 1.89. The molecule has 0 fully saturated rings. The van der Waals surface area contributed by atoms with E-state index in [1.165, 1.54) is 0 Å². The molecule has 0 aromatic carbocycles. The fourth-order valence-electron chi connectivity index (χ4n) is 0.384. The van der Waals surface area contributed by atoms with Crippen molar-refractivity contribution in [1.29, 1.82) is 0 Å². The average Bonchev–Trinajstić information content (AvgIpc) is 1.82. The molecule has 0 aliphatic carbocycles. The van der Waals surface area contributed by atoms with E-state index in [0.717, 1.165) is 0 Å². The van der Waals surface area contributed by atoms with Gasteiger partial charge in [0, 0.05) is 24.4 Å². The van der Waals surface area contributed by atoms with Crippen molar-refractivity contribution < 1.29 is 14.3 Å². The first-order valence-corrected chi connectivity index (χ1v) is 3.03. The van der Waals surface area contributed by atoms with Crippen molar-refractivity contribution in [2.24, 2.45) is 0 Å². The van der Waals surface area contributed by atoms with Gasteiger partial charge >= 0.3 is 5.43 Å². The molecular weight excluding hydrogens is 156 g/mol. The van der Waals surface area contributed by atoms with Crippen LogP contribution in [0.15, 0.2) is 12.3 Å². The molecule has 3 nitrogen and oxygen atoms in total. The van der Waals surface area contributed by atoms with E-state index in [1.807, 2.05) is 0 Å². The summed E-state index contributed by atoms with van der Waals surface area (Å²) in [7, 11) is 0. The van der Waals surface area contributed by atoms with Crippen LogP contribution in [-0.4, -0.2) is 11.7 Å². The molecule has 0 radical (unpaired) electrons. The molecule has 10 heavy (non-hydrogen) atoms. The molecule has 0 spiro atoms. The van der Waals surface area contributed by atoms with Crippen molar-refractivity contribution in [2.45, 2.75) is 12.8 Å². The third kappa shape index (κ3) is 5.31. The molecule has 4 heteroatoms. The number of aldehydes is 1. The van der Waals surface area contributed by atoms with Gasteiger partial charge < -0.3 is 9.53 Å². The van der Waals surface area contributed by atoms with E-state index >= 15 is 0 Å². The van der Waals surface area contributed by atoms with E-state index in [9.17, 15) is 9.59 Å². The Morgan fingerprint density at radius 3 is 2.70 bits per heavy atom. The lowest BCUT2D eigenvalue weighted by Gasteiger charge is -1.98. The Morgan fingerprint density at radius 2 is 2.30 bits per heavy atom. The van der Waals surface area contributed by atoms with E-state index in [1.54, 1.807) is 0 Å². The number of halogens is 1. The van der Waals surface area contributed by atoms with Gasteiger partial charge in [-0.2, -0.15) is 0 Å². The third-order valence-electron chi connectivity index (χ3n) is 0.766. The molecule has 56 valence electrons. The summed E-state index contributed by atoms with van der Waals surface area (Å²) in [5, 5.41) is 0. The van der Waals surface area contributed by atoms with Crippen LogP contribution >= 0.6 is 11.6 Å². The Bertz CT molecular complexity index is 153. The minimum absolute atomic E-state index is 0.215. The second kappa shape index (κ2) is 4.99. The SMILES string of the molecule is C=C(CCC=O)OC(=O)Cl. The average molecular weight is 163 g/mol. The zero-order valence-electron chi connectivity index (χ0n) is 5.30. The van der Waals surface area contributed by atoms with Crippen LogP contribution < -0.4 is 0 Å². The van der Waals surface area contributed by atoms with Crippen LogP contribution in [0.3, 0.4) is 0 Å². The molecule has 0 aromatic heterocycles. The summed E-state index contributed by atoms with van der Waals surface area (Å²) in [6.07, 6.45) is 1.35. The van der Waals surface area contributed by atoms with Gasteiger partial charge in [0.2, 0.25) is 0 Å². The molecule has 0 aromatic rings. The number of carbonyl (C=O) groups is 2. The predicted octanol–water partition coefficient (Wildman–Crippen LogP) is 1.85. The number of rotatable bonds is 4. The summed E-state index contributed by atoms with van der Waals surface area (Å²) >= 11 is 4.84. The standard InChI is InChI=1S/C6H7ClO3/c1-5(3-2-4-8)10-6(7)9/h4H,1-3H2. The minimum Gasteiger partial charge on any atom is -0.420 e. The molecular formula is C6H7ClO3. The largest absolute Gasteiger partial charge is 0.420 e. The molecule has 0 saturated heterocycles. The van der Waals surface area contributed by atoms with Gasteiger partial charge in [0.05, 0.1) is 0 Å². The van der Waals surface area contributed by atoms with Crippen LogP contribution in [0.25, 0.3) is 0 Å². The number of ether oxygens (including phenoxy) is 1. The van der Waals surface area contributed by atoms with Crippen LogP contribution in [0.1, 0.15) is 12.8 Å². The number of hydrogen-bond acceptors (Lipinski definition) is 3. The highest BCUT2D eigenvalue weighted by molar-refractivity contribution is 6.61. The molecule has 0 aliphatic heterocycles. The molecule has 0 N–H and O–H groups in total. The monoisotopic (exact) mass is 162 g/mol. The van der Waals surface area contributed by atoms with Crippen LogP contribution in [-0.2, 0) is 9.53 Å². The van der Waals surface area contributed by atoms with Gasteiger partial charge in [-0.25, -0.2) is 4.79 Å². The maximum absolute atomic E-state index is 10.0. The summed E-state index contributed by atoms with van der Waals surface area (Å²) in [4.78, 5) is 19.8. The Labute approximate surface area is 63.6 Å². The van der Waals surface area contributed by atoms with Crippen molar-refractivity contribution in [2.75, 3.05) is 0 Å². The van der Waals surface area contributed by atoms with E-state index in [2.05, 4.69) is 11.3 Å². The zero-order valence-corrected chi connectivity index (χ0v) is 6.06. The maximum atomic E-state index is 10.0. The second-order valence-electron chi connectivity index (χ2n) is 1.58. The Kier molecular flexibility index (Phi) is 4.58. The van der Waals surface area contributed by atoms with Crippen molar-refractivity contribution in [3.05, 3.63) is 12.3 Å². The normalized spacial score (nSPS) is 8.50. The topological polar surface area (TPSA) is 43.4 Å². The van der Waals surface area contributed by atoms with Crippen molar-refractivity contribution in [3.8, 4) is 0 Å². The highest BCUT2D eigenvalue weighted by Gasteiger charge is 1.99. The van der Waals surface area contributed by atoms with E-state index < -0.39 is 5.43 Å². The van der Waals surface area contributed by atoms with Gasteiger partial charge in [0.1, 0.15) is 12.0 Å². The summed E-state index contributed by atoms with van der Waals surface area (Å²) < 4.78 is 4.33. The predicted molar refractivity (Wildman–Crippen MR) is 36.8 cm³/mol. The number of carbonyl (C=O) groups excluding carboxylic acids is 2. The Morgan fingerprint density at radius 1 is 1.70 bits per heavy atom. The lowest BCUT2D eigenvalue weighted by molar-refractivity contribution is -0.107. The lowest BCUT2D eigenvalue weighted by Crippen LogP contribution is -1.93. The van der Waals surface area contributed by atoms with Gasteiger partial charge in [0.25, 0.3) is 0 Å². The van der Waals surface area contributed by atoms with Crippen LogP contribution in [0.5, 0.6) is 0 Å². The molecule has 0 heterocycles. The fourth-order valence-corrected chi connectivity index (χ4v) is 0.494. The summed E-state index contributed by atoms with van der Waals surface area (Å²) in [5.41, 5.74) is -0.920. The number of hydrogen-bond donors (Lipinski definition) is 0. The Hall–Kier alpha value is -0.830. The highest BCUT2D eigenvalue weighted by Crippen LogP contribution is 2.04. The smallest absolute Gasteiger partial charge is 0.408 e. The fraction of sp³-hybridized carbons (Fsp3) is 0.333. The van der Waals surface area contributed by atoms with E-state index in [4.69, 9.17) is 11.6 Å². The molecule has 0 atom stereocenters. The van der Waals surface area contributed by atoms with Crippen LogP contribution in [0.4, 0.5) is 4.79 Å². The van der Waals surface area contributed by atoms with Gasteiger partial charge in [-0.1, -0.05) is 6.58 Å². The van der Waals surface area contributed by atoms with Crippen molar-refractivity contribution >= 4 is 23.3 Å². The first-order chi connectivity index (χ1) is 4.66. The van der Waals surface area contributed by atoms with Gasteiger partial charge in [-0.05, 0) is 0 Å². The van der Waals surface area contributed by atoms with Gasteiger partial charge in [-0.15, -0.1) is 0 Å². The van der Waals surface area contributed by atoms with E-state index in [0.29, 0.717) is 19.1 Å². The van der Waals surface area contributed by atoms with E-state index in [-0.39, 0.29) is 5.76 Å². The molecule has 0 bridgehead atoms. The Balaban J connectivity index is 3.43. The number of allylic oxidation sites excluding steroid dienone is 1. The summed E-state index contributed by atoms with van der Waals surface area (Å²) in [5.74, 6) is 0.215. The first kappa shape index (κ1) is 9.17. The zero-order chi connectivity index (χ0) is 7.98. The molecule has 0 unspecified atom stereocenters. The maximum Gasteiger partial charge on any atom is 0.408 e. The molecule has 0 saturated carbocycles.